The highest BCUT2D eigenvalue weighted by Gasteiger charge is 2.27. The van der Waals surface area contributed by atoms with Crippen LogP contribution in [-0.4, -0.2) is 26.9 Å². The molecule has 6 nitrogen and oxygen atoms in total. The van der Waals surface area contributed by atoms with E-state index in [0.717, 1.165) is 27.9 Å². The van der Waals surface area contributed by atoms with E-state index in [0.29, 0.717) is 18.7 Å². The van der Waals surface area contributed by atoms with Gasteiger partial charge in [-0.15, -0.1) is 0 Å². The lowest BCUT2D eigenvalue weighted by Gasteiger charge is -2.16. The quantitative estimate of drug-likeness (QED) is 0.765. The van der Waals surface area contributed by atoms with Crippen LogP contribution in [0.2, 0.25) is 0 Å². The van der Waals surface area contributed by atoms with Gasteiger partial charge in [-0.1, -0.05) is 30.3 Å². The first-order valence-electron chi connectivity index (χ1n) is 8.40. The Bertz CT molecular complexity index is 975. The zero-order chi connectivity index (χ0) is 18.1. The molecule has 0 spiro atoms. The molecule has 0 saturated carbocycles. The second-order valence-corrected chi connectivity index (χ2v) is 6.27. The van der Waals surface area contributed by atoms with Gasteiger partial charge >= 0.3 is 0 Å². The molecule has 2 N–H and O–H groups in total. The van der Waals surface area contributed by atoms with Gasteiger partial charge in [-0.05, 0) is 23.3 Å². The minimum Gasteiger partial charge on any atom is -0.348 e. The molecule has 0 unspecified atom stereocenters. The fourth-order valence-electron chi connectivity index (χ4n) is 3.23. The van der Waals surface area contributed by atoms with Crippen molar-refractivity contribution >= 4 is 17.9 Å². The highest BCUT2D eigenvalue weighted by molar-refractivity contribution is 6.01. The number of carbonyl (C=O) groups excluding carboxylic acids is 2. The molecule has 0 bridgehead atoms. The zero-order valence-electron chi connectivity index (χ0n) is 14.3. The maximum Gasteiger partial charge on any atom is 0.251 e. The molecule has 1 aliphatic carbocycles. The Balaban J connectivity index is 1.69. The molecule has 0 aromatic heterocycles. The first-order valence-corrected chi connectivity index (χ1v) is 8.40. The van der Waals surface area contributed by atoms with Crippen LogP contribution in [0.4, 0.5) is 0 Å². The molecule has 2 amide bonds. The Morgan fingerprint density at radius 2 is 2.08 bits per heavy atom. The van der Waals surface area contributed by atoms with E-state index in [1.165, 1.54) is 6.92 Å². The number of hydrogen-bond acceptors (Lipinski definition) is 3. The van der Waals surface area contributed by atoms with Crippen molar-refractivity contribution in [2.75, 3.05) is 0 Å². The molecule has 130 valence electrons. The Hall–Kier alpha value is -3.41. The topological polar surface area (TPSA) is 78.1 Å². The van der Waals surface area contributed by atoms with E-state index in [4.69, 9.17) is 0 Å². The third kappa shape index (κ3) is 2.86. The molecule has 0 saturated heterocycles. The van der Waals surface area contributed by atoms with E-state index in [-0.39, 0.29) is 11.8 Å². The second-order valence-electron chi connectivity index (χ2n) is 6.27. The molecule has 1 aromatic rings. The molecule has 2 heterocycles. The number of carbonyl (C=O) groups is 2. The van der Waals surface area contributed by atoms with Gasteiger partial charge in [0.05, 0.1) is 12.2 Å². The summed E-state index contributed by atoms with van der Waals surface area (Å²) in [7, 11) is 0. The number of nitrogens with zero attached hydrogens (tertiary/aromatic N) is 2. The minimum atomic E-state index is -0.156. The van der Waals surface area contributed by atoms with Gasteiger partial charge in [0.15, 0.2) is 0 Å². The summed E-state index contributed by atoms with van der Waals surface area (Å²) in [6.45, 7) is 2.31. The van der Waals surface area contributed by atoms with Crippen LogP contribution in [0, 0.1) is 0 Å². The Labute approximate surface area is 150 Å². The number of nitrogens with one attached hydrogen (secondary N) is 2. The van der Waals surface area contributed by atoms with Crippen molar-refractivity contribution in [2.45, 2.75) is 20.0 Å². The molecule has 6 heteroatoms. The van der Waals surface area contributed by atoms with E-state index in [9.17, 15) is 9.59 Å². The van der Waals surface area contributed by atoms with Gasteiger partial charge < -0.3 is 10.2 Å². The molecule has 0 atom stereocenters. The van der Waals surface area contributed by atoms with Gasteiger partial charge in [-0.3, -0.25) is 14.7 Å². The van der Waals surface area contributed by atoms with Crippen LogP contribution in [-0.2, 0) is 17.9 Å². The lowest BCUT2D eigenvalue weighted by atomic mass is 10.1. The Morgan fingerprint density at radius 1 is 1.27 bits per heavy atom. The number of aromatic nitrogens is 2. The second kappa shape index (κ2) is 6.48. The van der Waals surface area contributed by atoms with Crippen molar-refractivity contribution in [1.29, 1.82) is 0 Å². The lowest BCUT2D eigenvalue weighted by Crippen LogP contribution is -2.26. The minimum absolute atomic E-state index is 0.0805. The summed E-state index contributed by atoms with van der Waals surface area (Å²) in [4.78, 5) is 26.3. The van der Waals surface area contributed by atoms with Crippen molar-refractivity contribution in [3.63, 3.8) is 0 Å². The maximum absolute atomic E-state index is 12.8. The van der Waals surface area contributed by atoms with Gasteiger partial charge in [-0.25, -0.2) is 0 Å². The van der Waals surface area contributed by atoms with E-state index in [1.807, 2.05) is 36.4 Å². The molecule has 26 heavy (non-hydrogen) atoms. The summed E-state index contributed by atoms with van der Waals surface area (Å²) < 4.78 is 0. The van der Waals surface area contributed by atoms with Crippen LogP contribution in [0.3, 0.4) is 0 Å². The first-order chi connectivity index (χ1) is 12.6. The van der Waals surface area contributed by atoms with Crippen LogP contribution in [0.1, 0.15) is 34.1 Å². The van der Waals surface area contributed by atoms with E-state index >= 15 is 0 Å². The van der Waals surface area contributed by atoms with Crippen molar-refractivity contribution < 1.29 is 9.59 Å². The summed E-state index contributed by atoms with van der Waals surface area (Å²) in [5.74, 6) is -0.237. The molecule has 0 radical (unpaired) electrons. The van der Waals surface area contributed by atoms with Gasteiger partial charge in [-0.2, -0.15) is 5.10 Å². The highest BCUT2D eigenvalue weighted by atomic mass is 16.2. The fourth-order valence-corrected chi connectivity index (χ4v) is 3.23. The maximum atomic E-state index is 12.8. The first kappa shape index (κ1) is 16.1. The van der Waals surface area contributed by atoms with Crippen molar-refractivity contribution in [2.24, 2.45) is 0 Å². The molecule has 4 rings (SSSR count). The van der Waals surface area contributed by atoms with Crippen molar-refractivity contribution in [3.05, 3.63) is 71.2 Å². The van der Waals surface area contributed by atoms with Gasteiger partial charge in [0.25, 0.3) is 5.91 Å². The van der Waals surface area contributed by atoms with Crippen LogP contribution in [0.25, 0.3) is 17.2 Å². The van der Waals surface area contributed by atoms with Crippen LogP contribution >= 0.6 is 0 Å². The molecular formula is C20H18N4O2. The fraction of sp³-hybridized carbons (Fsp3) is 0.150. The molecule has 3 aliphatic rings. The summed E-state index contributed by atoms with van der Waals surface area (Å²) in [5.41, 5.74) is 4.98. The third-order valence-corrected chi connectivity index (χ3v) is 4.56. The van der Waals surface area contributed by atoms with Crippen LogP contribution in [0.15, 0.2) is 48.8 Å². The molecule has 2 aliphatic heterocycles. The SMILES string of the molecule is CC(=O)N1C=Cc2n[nH]cc3cc(C(=O)NCc4ccccc4)c(c2-3)C1. The van der Waals surface area contributed by atoms with Gasteiger partial charge in [0.1, 0.15) is 0 Å². The highest BCUT2D eigenvalue weighted by Crippen LogP contribution is 2.36. The smallest absolute Gasteiger partial charge is 0.251 e. The summed E-state index contributed by atoms with van der Waals surface area (Å²) in [5, 5.41) is 10.1. The molecular weight excluding hydrogens is 328 g/mol. The van der Waals surface area contributed by atoms with Crippen molar-refractivity contribution in [3.8, 4) is 11.1 Å². The van der Waals surface area contributed by atoms with E-state index in [1.54, 1.807) is 23.4 Å². The normalized spacial score (nSPS) is 12.9. The Kier molecular flexibility index (Phi) is 4.01. The summed E-state index contributed by atoms with van der Waals surface area (Å²) in [6, 6.07) is 11.6. The lowest BCUT2D eigenvalue weighted by molar-refractivity contribution is -0.126. The number of benzene rings is 1. The number of aromatic amines is 1. The van der Waals surface area contributed by atoms with E-state index < -0.39 is 0 Å². The molecule has 0 fully saturated rings. The number of amides is 2. The number of hydrogen-bond donors (Lipinski definition) is 2. The van der Waals surface area contributed by atoms with Gasteiger partial charge in [0, 0.05) is 42.6 Å². The average molecular weight is 346 g/mol. The van der Waals surface area contributed by atoms with Crippen LogP contribution < -0.4 is 5.32 Å². The number of H-pyrrole nitrogens is 1. The number of rotatable bonds is 3. The third-order valence-electron chi connectivity index (χ3n) is 4.56. The predicted octanol–water partition coefficient (Wildman–Crippen LogP) is 2.78. The average Bonchev–Trinajstić information content (AvgIpc) is 2.90. The predicted molar refractivity (Wildman–Crippen MR) is 98.1 cm³/mol. The summed E-state index contributed by atoms with van der Waals surface area (Å²) >= 11 is 0. The Morgan fingerprint density at radius 3 is 2.85 bits per heavy atom. The molecule has 1 aromatic carbocycles. The summed E-state index contributed by atoms with van der Waals surface area (Å²) in [6.07, 6.45) is 5.28. The monoisotopic (exact) mass is 346 g/mol. The zero-order valence-corrected chi connectivity index (χ0v) is 14.3. The largest absolute Gasteiger partial charge is 0.348 e. The van der Waals surface area contributed by atoms with E-state index in [2.05, 4.69) is 15.5 Å². The van der Waals surface area contributed by atoms with Gasteiger partial charge in [0.2, 0.25) is 5.91 Å². The van der Waals surface area contributed by atoms with Crippen molar-refractivity contribution in [1.82, 2.24) is 20.4 Å². The van der Waals surface area contributed by atoms with Crippen LogP contribution in [0.5, 0.6) is 0 Å². The standard InChI is InChI=1S/C20H18N4O2/c1-13(25)24-8-7-18-19-15(11-22-23-18)9-16(17(19)12-24)20(26)21-10-14-5-3-2-4-6-14/h2-9,11,22H,10,12H2,1H3,(H,21,26).